The Kier molecular flexibility index (Phi) is 6.45. The lowest BCUT2D eigenvalue weighted by atomic mass is 10.0. The minimum absolute atomic E-state index is 0.260. The normalized spacial score (nSPS) is 11.4. The van der Waals surface area contributed by atoms with E-state index in [1.165, 1.54) is 18.2 Å². The van der Waals surface area contributed by atoms with Crippen LogP contribution in [0, 0.1) is 0 Å². The van der Waals surface area contributed by atoms with Crippen LogP contribution in [0.4, 0.5) is 4.79 Å². The predicted molar refractivity (Wildman–Crippen MR) is 90.8 cm³/mol. The first-order chi connectivity index (χ1) is 10.8. The molecular formula is C18H20O3Si. The summed E-state index contributed by atoms with van der Waals surface area (Å²) in [4.78, 5) is 10.9. The van der Waals surface area contributed by atoms with Crippen LogP contribution >= 0.6 is 0 Å². The van der Waals surface area contributed by atoms with Crippen LogP contribution in [0.3, 0.4) is 0 Å². The Morgan fingerprint density at radius 1 is 1.05 bits per heavy atom. The molecule has 0 radical (unpaired) electrons. The van der Waals surface area contributed by atoms with E-state index in [0.29, 0.717) is 5.54 Å². The molecule has 22 heavy (non-hydrogen) atoms. The highest BCUT2D eigenvalue weighted by Crippen LogP contribution is 2.23. The summed E-state index contributed by atoms with van der Waals surface area (Å²) in [5, 5.41) is 0. The fourth-order valence-corrected chi connectivity index (χ4v) is 4.00. The summed E-state index contributed by atoms with van der Waals surface area (Å²) < 4.78 is 9.29. The second-order valence-electron chi connectivity index (χ2n) is 4.85. The number of carbonyl (C=O) groups excluding carboxylic acids is 1. The van der Waals surface area contributed by atoms with Gasteiger partial charge in [0.2, 0.25) is 0 Å². The number of rotatable bonds is 6. The molecule has 0 fully saturated rings. The molecule has 0 amide bonds. The zero-order chi connectivity index (χ0) is 15.6. The summed E-state index contributed by atoms with van der Waals surface area (Å²) in [7, 11) is 0.772. The Labute approximate surface area is 133 Å². The van der Waals surface area contributed by atoms with Gasteiger partial charge in [-0.25, -0.2) is 4.79 Å². The third kappa shape index (κ3) is 4.89. The quantitative estimate of drug-likeness (QED) is 0.607. The molecule has 0 heterocycles. The maximum Gasteiger partial charge on any atom is 0.508 e. The first-order valence-electron chi connectivity index (χ1n) is 7.27. The molecule has 0 bridgehead atoms. The van der Waals surface area contributed by atoms with Crippen LogP contribution in [0.2, 0.25) is 0 Å². The predicted octanol–water partition coefficient (Wildman–Crippen LogP) is 3.24. The Morgan fingerprint density at radius 2 is 1.59 bits per heavy atom. The molecule has 2 aromatic rings. The van der Waals surface area contributed by atoms with Gasteiger partial charge in [-0.15, -0.1) is 5.70 Å². The lowest BCUT2D eigenvalue weighted by Crippen LogP contribution is -2.09. The minimum Gasteiger partial charge on any atom is -0.438 e. The van der Waals surface area contributed by atoms with Crippen molar-refractivity contribution in [1.29, 1.82) is 0 Å². The Balaban J connectivity index is 2.03. The van der Waals surface area contributed by atoms with E-state index in [2.05, 4.69) is 59.0 Å². The summed E-state index contributed by atoms with van der Waals surface area (Å²) in [5.41, 5.74) is 5.27. The number of benzene rings is 2. The van der Waals surface area contributed by atoms with Gasteiger partial charge in [0.15, 0.2) is 0 Å². The van der Waals surface area contributed by atoms with Crippen molar-refractivity contribution in [2.45, 2.75) is 5.54 Å². The summed E-state index contributed by atoms with van der Waals surface area (Å²) in [6, 6.07) is 21.0. The molecule has 2 rings (SSSR count). The number of hydrogen-bond acceptors (Lipinski definition) is 3. The van der Waals surface area contributed by atoms with Crippen LogP contribution in [-0.4, -0.2) is 29.4 Å². The van der Waals surface area contributed by atoms with Gasteiger partial charge in [0.25, 0.3) is 0 Å². The molecule has 4 heteroatoms. The van der Waals surface area contributed by atoms with Gasteiger partial charge in [0.1, 0.15) is 6.61 Å². The number of carbonyl (C=O) groups is 1. The largest absolute Gasteiger partial charge is 0.508 e. The van der Waals surface area contributed by atoms with Gasteiger partial charge in [-0.1, -0.05) is 66.7 Å². The molecule has 0 saturated carbocycles. The smallest absolute Gasteiger partial charge is 0.438 e. The molecule has 0 spiro atoms. The van der Waals surface area contributed by atoms with E-state index in [1.54, 1.807) is 0 Å². The Bertz CT molecular complexity index is 557. The molecule has 114 valence electrons. The van der Waals surface area contributed by atoms with E-state index in [-0.39, 0.29) is 6.61 Å². The molecular weight excluding hydrogens is 292 g/mol. The van der Waals surface area contributed by atoms with Crippen molar-refractivity contribution in [3.8, 4) is 0 Å². The molecule has 0 N–H and O–H groups in total. The standard InChI is InChI=1S/C18H20O3Si/c1-20-18(19)21-13-8-14-22-17(15-9-4-2-5-10-15)16-11-6-3-7-12-16/h2-12,14,17H,13,22H2,1H3/b14-8+. The molecule has 0 saturated heterocycles. The first kappa shape index (κ1) is 16.0. The Morgan fingerprint density at radius 3 is 2.09 bits per heavy atom. The summed E-state index contributed by atoms with van der Waals surface area (Å²) in [6.45, 7) is 0.260. The highest BCUT2D eigenvalue weighted by molar-refractivity contribution is 6.45. The molecule has 2 aromatic carbocycles. The molecule has 0 aliphatic carbocycles. The minimum atomic E-state index is -0.644. The average Bonchev–Trinajstić information content (AvgIpc) is 2.59. The van der Waals surface area contributed by atoms with Crippen molar-refractivity contribution in [3.63, 3.8) is 0 Å². The molecule has 0 unspecified atom stereocenters. The third-order valence-corrected chi connectivity index (χ3v) is 5.43. The fourth-order valence-electron chi connectivity index (χ4n) is 2.31. The van der Waals surface area contributed by atoms with Gasteiger partial charge >= 0.3 is 6.16 Å². The second kappa shape index (κ2) is 8.84. The van der Waals surface area contributed by atoms with Crippen molar-refractivity contribution in [2.75, 3.05) is 13.7 Å². The van der Waals surface area contributed by atoms with Gasteiger partial charge in [-0.05, 0) is 11.1 Å². The van der Waals surface area contributed by atoms with Crippen molar-refractivity contribution in [2.24, 2.45) is 0 Å². The summed E-state index contributed by atoms with van der Waals surface area (Å²) in [5.74, 6) is 0. The van der Waals surface area contributed by atoms with Crippen LogP contribution in [-0.2, 0) is 9.47 Å². The van der Waals surface area contributed by atoms with Gasteiger partial charge in [0, 0.05) is 5.54 Å². The van der Waals surface area contributed by atoms with E-state index >= 15 is 0 Å². The maximum absolute atomic E-state index is 10.9. The van der Waals surface area contributed by atoms with Crippen LogP contribution in [0.5, 0.6) is 0 Å². The fraction of sp³-hybridized carbons (Fsp3) is 0.167. The molecule has 0 atom stereocenters. The number of hydrogen-bond donors (Lipinski definition) is 0. The van der Waals surface area contributed by atoms with Crippen molar-refractivity contribution < 1.29 is 14.3 Å². The van der Waals surface area contributed by atoms with Gasteiger partial charge in [-0.3, -0.25) is 0 Å². The summed E-state index contributed by atoms with van der Waals surface area (Å²) in [6.07, 6.45) is 1.26. The third-order valence-electron chi connectivity index (χ3n) is 3.41. The molecule has 0 aromatic heterocycles. The first-order valence-corrected chi connectivity index (χ1v) is 8.90. The second-order valence-corrected chi connectivity index (χ2v) is 6.61. The van der Waals surface area contributed by atoms with E-state index in [4.69, 9.17) is 4.74 Å². The van der Waals surface area contributed by atoms with Crippen LogP contribution < -0.4 is 0 Å². The van der Waals surface area contributed by atoms with Crippen molar-refractivity contribution in [1.82, 2.24) is 0 Å². The molecule has 0 aliphatic rings. The van der Waals surface area contributed by atoms with Crippen LogP contribution in [0.1, 0.15) is 16.7 Å². The average molecular weight is 312 g/mol. The zero-order valence-corrected chi connectivity index (χ0v) is 14.1. The monoisotopic (exact) mass is 312 g/mol. The van der Waals surface area contributed by atoms with Crippen molar-refractivity contribution in [3.05, 3.63) is 83.6 Å². The Hall–Kier alpha value is -2.33. The van der Waals surface area contributed by atoms with Crippen LogP contribution in [0.15, 0.2) is 72.4 Å². The highest BCUT2D eigenvalue weighted by Gasteiger charge is 2.12. The van der Waals surface area contributed by atoms with Gasteiger partial charge < -0.3 is 9.47 Å². The lowest BCUT2D eigenvalue weighted by molar-refractivity contribution is 0.0818. The van der Waals surface area contributed by atoms with Crippen LogP contribution in [0.25, 0.3) is 0 Å². The van der Waals surface area contributed by atoms with E-state index < -0.39 is 15.7 Å². The highest BCUT2D eigenvalue weighted by atomic mass is 28.2. The SMILES string of the molecule is COC(=O)OC/C=C/[SiH2]C(c1ccccc1)c1ccccc1. The van der Waals surface area contributed by atoms with Crippen molar-refractivity contribution >= 4 is 15.7 Å². The number of ether oxygens (including phenoxy) is 2. The topological polar surface area (TPSA) is 35.5 Å². The summed E-state index contributed by atoms with van der Waals surface area (Å²) >= 11 is 0. The van der Waals surface area contributed by atoms with E-state index in [9.17, 15) is 4.79 Å². The molecule has 0 aliphatic heterocycles. The zero-order valence-electron chi connectivity index (χ0n) is 12.6. The van der Waals surface area contributed by atoms with E-state index in [0.717, 1.165) is 0 Å². The van der Waals surface area contributed by atoms with Gasteiger partial charge in [-0.2, -0.15) is 0 Å². The lowest BCUT2D eigenvalue weighted by Gasteiger charge is -2.15. The number of methoxy groups -OCH3 is 1. The van der Waals surface area contributed by atoms with Gasteiger partial charge in [0.05, 0.1) is 16.6 Å². The molecule has 3 nitrogen and oxygen atoms in total. The maximum atomic E-state index is 10.9. The van der Waals surface area contributed by atoms with E-state index in [1.807, 2.05) is 18.2 Å².